The van der Waals surface area contributed by atoms with E-state index in [0.29, 0.717) is 22.7 Å². The zero-order chi connectivity index (χ0) is 21.5. The Labute approximate surface area is 179 Å². The third-order valence-corrected chi connectivity index (χ3v) is 7.68. The Morgan fingerprint density at radius 1 is 1.20 bits per heavy atom. The molecule has 4 rings (SSSR count). The van der Waals surface area contributed by atoms with Crippen LogP contribution < -0.4 is 0 Å². The molecule has 2 fully saturated rings. The third-order valence-electron chi connectivity index (χ3n) is 6.49. The summed E-state index contributed by atoms with van der Waals surface area (Å²) in [5.41, 5.74) is -0.183. The Balaban J connectivity index is 1.48. The molecular weight excluding hydrogens is 411 g/mol. The van der Waals surface area contributed by atoms with Crippen LogP contribution in [-0.2, 0) is 6.18 Å². The van der Waals surface area contributed by atoms with Crippen LogP contribution in [-0.4, -0.2) is 53.4 Å². The number of thiophene rings is 1. The molecule has 4 heterocycles. The van der Waals surface area contributed by atoms with Crippen molar-refractivity contribution in [3.05, 3.63) is 28.3 Å². The molecule has 30 heavy (non-hydrogen) atoms. The number of amides is 1. The summed E-state index contributed by atoms with van der Waals surface area (Å²) in [6.07, 6.45) is 0.0912. The van der Waals surface area contributed by atoms with Gasteiger partial charge in [0.25, 0.3) is 5.91 Å². The summed E-state index contributed by atoms with van der Waals surface area (Å²) in [7, 11) is 0. The maximum absolute atomic E-state index is 13.2. The minimum atomic E-state index is -4.48. The van der Waals surface area contributed by atoms with Crippen molar-refractivity contribution in [2.45, 2.75) is 45.7 Å². The zero-order valence-electron chi connectivity index (χ0n) is 17.5. The topological polar surface area (TPSA) is 36.4 Å². The van der Waals surface area contributed by atoms with Gasteiger partial charge in [0.2, 0.25) is 0 Å². The number of hydrogen-bond donors (Lipinski definition) is 0. The maximum atomic E-state index is 13.2. The SMILES string of the molecule is Cc1c(C(=O)N2CCCC(CN3CCC(C)CC3)C2)sc2nc(C(F)(F)F)ccc12. The lowest BCUT2D eigenvalue weighted by Gasteiger charge is -2.37. The summed E-state index contributed by atoms with van der Waals surface area (Å²) in [5, 5.41) is 0.632. The van der Waals surface area contributed by atoms with Crippen molar-refractivity contribution in [1.29, 1.82) is 0 Å². The molecular formula is C22H28F3N3OS. The quantitative estimate of drug-likeness (QED) is 0.659. The molecule has 0 spiro atoms. The molecule has 0 saturated carbocycles. The van der Waals surface area contributed by atoms with Gasteiger partial charge in [0.15, 0.2) is 0 Å². The van der Waals surface area contributed by atoms with Crippen molar-refractivity contribution in [3.63, 3.8) is 0 Å². The number of alkyl halides is 3. The van der Waals surface area contributed by atoms with E-state index in [1.54, 1.807) is 6.92 Å². The number of carbonyl (C=O) groups excluding carboxylic acids is 1. The van der Waals surface area contributed by atoms with Gasteiger partial charge in [-0.15, -0.1) is 11.3 Å². The number of carbonyl (C=O) groups is 1. The average molecular weight is 440 g/mol. The van der Waals surface area contributed by atoms with Crippen LogP contribution in [0.1, 0.15) is 53.5 Å². The predicted molar refractivity (Wildman–Crippen MR) is 113 cm³/mol. The first-order valence-electron chi connectivity index (χ1n) is 10.7. The van der Waals surface area contributed by atoms with Crippen LogP contribution in [0.3, 0.4) is 0 Å². The van der Waals surface area contributed by atoms with Crippen LogP contribution in [0.25, 0.3) is 10.2 Å². The van der Waals surface area contributed by atoms with Gasteiger partial charge in [0.05, 0.1) is 4.88 Å². The molecule has 164 valence electrons. The van der Waals surface area contributed by atoms with Gasteiger partial charge in [0, 0.05) is 25.0 Å². The Hall–Kier alpha value is -1.67. The van der Waals surface area contributed by atoms with Gasteiger partial charge in [-0.3, -0.25) is 4.79 Å². The van der Waals surface area contributed by atoms with Crippen molar-refractivity contribution in [1.82, 2.24) is 14.8 Å². The second kappa shape index (κ2) is 8.46. The van der Waals surface area contributed by atoms with Gasteiger partial charge in [-0.05, 0) is 75.2 Å². The molecule has 8 heteroatoms. The predicted octanol–water partition coefficient (Wildman–Crippen LogP) is 5.21. The van der Waals surface area contributed by atoms with E-state index in [2.05, 4.69) is 16.8 Å². The number of aromatic nitrogens is 1. The van der Waals surface area contributed by atoms with Gasteiger partial charge in [0.1, 0.15) is 10.5 Å². The summed E-state index contributed by atoms with van der Waals surface area (Å²) < 4.78 is 39.0. The molecule has 2 aliphatic heterocycles. The highest BCUT2D eigenvalue weighted by molar-refractivity contribution is 7.20. The number of aryl methyl sites for hydroxylation is 1. The zero-order valence-corrected chi connectivity index (χ0v) is 18.3. The molecule has 1 amide bonds. The van der Waals surface area contributed by atoms with Crippen molar-refractivity contribution in [2.75, 3.05) is 32.7 Å². The Morgan fingerprint density at radius 3 is 2.63 bits per heavy atom. The molecule has 2 aromatic heterocycles. The fourth-order valence-electron chi connectivity index (χ4n) is 4.61. The van der Waals surface area contributed by atoms with E-state index in [1.165, 1.54) is 18.9 Å². The van der Waals surface area contributed by atoms with Crippen LogP contribution >= 0.6 is 11.3 Å². The molecule has 0 aliphatic carbocycles. The monoisotopic (exact) mass is 439 g/mol. The summed E-state index contributed by atoms with van der Waals surface area (Å²) >= 11 is 1.08. The summed E-state index contributed by atoms with van der Waals surface area (Å²) in [4.78, 5) is 22.2. The van der Waals surface area contributed by atoms with E-state index in [4.69, 9.17) is 0 Å². The number of hydrogen-bond acceptors (Lipinski definition) is 4. The Kier molecular flexibility index (Phi) is 6.08. The summed E-state index contributed by atoms with van der Waals surface area (Å²) in [6, 6.07) is 2.43. The average Bonchev–Trinajstić information content (AvgIpc) is 3.05. The van der Waals surface area contributed by atoms with Crippen LogP contribution in [0.4, 0.5) is 13.2 Å². The first-order valence-corrected chi connectivity index (χ1v) is 11.5. The standard InChI is InChI=1S/C22H28F3N3OS/c1-14-7-10-27(11-8-14)12-16-4-3-9-28(13-16)21(29)19-15(2)17-5-6-18(22(23,24)25)26-20(17)30-19/h5-6,14,16H,3-4,7-13H2,1-2H3. The second-order valence-corrected chi connectivity index (χ2v) is 9.84. The normalized spacial score (nSPS) is 22.0. The smallest absolute Gasteiger partial charge is 0.338 e. The fraction of sp³-hybridized carbons (Fsp3) is 0.636. The van der Waals surface area contributed by atoms with E-state index in [1.807, 2.05) is 4.90 Å². The van der Waals surface area contributed by atoms with Crippen LogP contribution in [0.2, 0.25) is 0 Å². The lowest BCUT2D eigenvalue weighted by atomic mass is 9.94. The number of fused-ring (bicyclic) bond motifs is 1. The van der Waals surface area contributed by atoms with E-state index in [9.17, 15) is 18.0 Å². The van der Waals surface area contributed by atoms with Gasteiger partial charge in [-0.25, -0.2) is 4.98 Å². The van der Waals surface area contributed by atoms with Crippen molar-refractivity contribution < 1.29 is 18.0 Å². The Bertz CT molecular complexity index is 918. The summed E-state index contributed by atoms with van der Waals surface area (Å²) in [5.74, 6) is 1.19. The molecule has 2 saturated heterocycles. The number of likely N-dealkylation sites (tertiary alicyclic amines) is 2. The van der Waals surface area contributed by atoms with E-state index >= 15 is 0 Å². The maximum Gasteiger partial charge on any atom is 0.433 e. The first-order chi connectivity index (χ1) is 14.2. The largest absolute Gasteiger partial charge is 0.433 e. The number of pyridine rings is 1. The summed E-state index contributed by atoms with van der Waals surface area (Å²) in [6.45, 7) is 8.83. The van der Waals surface area contributed by atoms with E-state index < -0.39 is 11.9 Å². The van der Waals surface area contributed by atoms with Gasteiger partial charge in [-0.2, -0.15) is 13.2 Å². The molecule has 2 aromatic rings. The highest BCUT2D eigenvalue weighted by atomic mass is 32.1. The van der Waals surface area contributed by atoms with Crippen molar-refractivity contribution in [2.24, 2.45) is 11.8 Å². The molecule has 1 atom stereocenters. The van der Waals surface area contributed by atoms with Crippen LogP contribution in [0.5, 0.6) is 0 Å². The van der Waals surface area contributed by atoms with Gasteiger partial charge in [-0.1, -0.05) is 6.92 Å². The highest BCUT2D eigenvalue weighted by Gasteiger charge is 2.34. The molecule has 0 radical (unpaired) electrons. The number of halogens is 3. The molecule has 1 unspecified atom stereocenters. The minimum Gasteiger partial charge on any atom is -0.338 e. The van der Waals surface area contributed by atoms with Crippen LogP contribution in [0, 0.1) is 18.8 Å². The van der Waals surface area contributed by atoms with E-state index in [0.717, 1.165) is 67.9 Å². The molecule has 2 aliphatic rings. The number of piperidine rings is 2. The first kappa shape index (κ1) is 21.6. The van der Waals surface area contributed by atoms with E-state index in [-0.39, 0.29) is 10.7 Å². The molecule has 4 nitrogen and oxygen atoms in total. The third kappa shape index (κ3) is 4.49. The molecule has 0 aromatic carbocycles. The van der Waals surface area contributed by atoms with Crippen LogP contribution in [0.15, 0.2) is 12.1 Å². The lowest BCUT2D eigenvalue weighted by Crippen LogP contribution is -2.45. The minimum absolute atomic E-state index is 0.0685. The highest BCUT2D eigenvalue weighted by Crippen LogP contribution is 2.35. The second-order valence-electron chi connectivity index (χ2n) is 8.85. The van der Waals surface area contributed by atoms with Gasteiger partial charge < -0.3 is 9.80 Å². The number of rotatable bonds is 3. The Morgan fingerprint density at radius 2 is 1.93 bits per heavy atom. The molecule has 0 N–H and O–H groups in total. The van der Waals surface area contributed by atoms with Crippen molar-refractivity contribution >= 4 is 27.5 Å². The number of nitrogens with zero attached hydrogens (tertiary/aromatic N) is 3. The molecule has 0 bridgehead atoms. The lowest BCUT2D eigenvalue weighted by molar-refractivity contribution is -0.140. The fourth-order valence-corrected chi connectivity index (χ4v) is 5.76. The van der Waals surface area contributed by atoms with Gasteiger partial charge >= 0.3 is 6.18 Å². The van der Waals surface area contributed by atoms with Crippen molar-refractivity contribution in [3.8, 4) is 0 Å².